The van der Waals surface area contributed by atoms with E-state index >= 15 is 0 Å². The second kappa shape index (κ2) is 18.8. The van der Waals surface area contributed by atoms with E-state index in [2.05, 4.69) is 9.47 Å². The first-order valence-electron chi connectivity index (χ1n) is 7.51. The average molecular weight is 380 g/mol. The van der Waals surface area contributed by atoms with Gasteiger partial charge >= 0.3 is 12.2 Å². The van der Waals surface area contributed by atoms with Gasteiger partial charge in [0.2, 0.25) is 11.8 Å². The minimum absolute atomic E-state index is 0.0926. The first-order chi connectivity index (χ1) is 11.6. The van der Waals surface area contributed by atoms with Crippen LogP contribution in [0.4, 0.5) is 9.59 Å². The number of nitrogens with zero attached hydrogens (tertiary/aromatic N) is 4. The summed E-state index contributed by atoms with van der Waals surface area (Å²) in [4.78, 5) is 46.3. The van der Waals surface area contributed by atoms with Crippen molar-refractivity contribution < 1.29 is 28.7 Å². The van der Waals surface area contributed by atoms with Crippen LogP contribution in [-0.2, 0) is 19.1 Å². The number of hydrogen-bond acceptors (Lipinski definition) is 6. The zero-order valence-corrected chi connectivity index (χ0v) is 18.2. The van der Waals surface area contributed by atoms with Crippen molar-refractivity contribution in [2.75, 3.05) is 70.6 Å². The molecule has 26 heavy (non-hydrogen) atoms. The highest BCUT2D eigenvalue weighted by molar-refractivity contribution is 5.72. The van der Waals surface area contributed by atoms with E-state index in [1.54, 1.807) is 56.4 Å². The highest BCUT2D eigenvalue weighted by Gasteiger charge is 1.97. The molecule has 10 heteroatoms. The van der Waals surface area contributed by atoms with Crippen molar-refractivity contribution in [2.45, 2.75) is 13.8 Å². The first kappa shape index (κ1) is 31.3. The van der Waals surface area contributed by atoms with Gasteiger partial charge in [-0.15, -0.1) is 0 Å². The maximum Gasteiger partial charge on any atom is 0.408 e. The van der Waals surface area contributed by atoms with Crippen LogP contribution in [0.2, 0.25) is 0 Å². The third-order valence-electron chi connectivity index (χ3n) is 2.34. The van der Waals surface area contributed by atoms with Gasteiger partial charge in [-0.3, -0.25) is 9.59 Å². The van der Waals surface area contributed by atoms with E-state index in [0.29, 0.717) is 0 Å². The van der Waals surface area contributed by atoms with Crippen molar-refractivity contribution >= 4 is 24.0 Å². The largest absolute Gasteiger partial charge is 0.453 e. The molecule has 0 N–H and O–H groups in total. The van der Waals surface area contributed by atoms with Gasteiger partial charge in [0.1, 0.15) is 0 Å². The Bertz CT molecular complexity index is 372. The van der Waals surface area contributed by atoms with Crippen molar-refractivity contribution in [3.05, 3.63) is 0 Å². The van der Waals surface area contributed by atoms with Crippen LogP contribution in [-0.4, -0.2) is 114 Å². The lowest BCUT2D eigenvalue weighted by Gasteiger charge is -2.05. The summed E-state index contributed by atoms with van der Waals surface area (Å²) in [5.41, 5.74) is 0. The van der Waals surface area contributed by atoms with Gasteiger partial charge in [-0.1, -0.05) is 0 Å². The summed E-state index contributed by atoms with van der Waals surface area (Å²) in [5, 5.41) is 0. The summed E-state index contributed by atoms with van der Waals surface area (Å²) in [6, 6.07) is 0. The molecule has 0 heterocycles. The number of hydrogen-bond donors (Lipinski definition) is 0. The van der Waals surface area contributed by atoms with Crippen molar-refractivity contribution in [1.29, 1.82) is 0 Å². The maximum atomic E-state index is 10.2. The zero-order valence-electron chi connectivity index (χ0n) is 18.2. The van der Waals surface area contributed by atoms with Crippen molar-refractivity contribution in [1.82, 2.24) is 19.6 Å². The fourth-order valence-electron chi connectivity index (χ4n) is 0.365. The molecular weight excluding hydrogens is 344 g/mol. The Morgan fingerprint density at radius 1 is 0.500 bits per heavy atom. The molecule has 0 aromatic heterocycles. The van der Waals surface area contributed by atoms with E-state index in [-0.39, 0.29) is 24.0 Å². The van der Waals surface area contributed by atoms with E-state index in [0.717, 1.165) is 0 Å². The molecular formula is C16H36N4O6. The zero-order chi connectivity index (χ0) is 22.0. The van der Waals surface area contributed by atoms with Gasteiger partial charge in [0.15, 0.2) is 0 Å². The van der Waals surface area contributed by atoms with Gasteiger partial charge in [-0.2, -0.15) is 0 Å². The number of methoxy groups -OCH3 is 2. The highest BCUT2D eigenvalue weighted by Crippen LogP contribution is 1.79. The molecule has 10 nitrogen and oxygen atoms in total. The lowest BCUT2D eigenvalue weighted by molar-refractivity contribution is -0.127. The molecule has 0 rings (SSSR count). The Balaban J connectivity index is -0.000000124. The Morgan fingerprint density at radius 3 is 0.654 bits per heavy atom. The minimum atomic E-state index is -0.319. The molecule has 0 aliphatic heterocycles. The Hall–Kier alpha value is -2.52. The SMILES string of the molecule is CC(=O)N(C)C.CC(=O)N(C)C.COC(=O)N(C)C.COC(=O)N(C)C. The fourth-order valence-corrected chi connectivity index (χ4v) is 0.365. The van der Waals surface area contributed by atoms with Gasteiger partial charge < -0.3 is 29.1 Å². The van der Waals surface area contributed by atoms with Crippen LogP contribution in [0.15, 0.2) is 0 Å². The highest BCUT2D eigenvalue weighted by atomic mass is 16.5. The van der Waals surface area contributed by atoms with E-state index in [9.17, 15) is 19.2 Å². The predicted octanol–water partition coefficient (Wildman–Crippen LogP) is 0.818. The van der Waals surface area contributed by atoms with Crippen LogP contribution >= 0.6 is 0 Å². The molecule has 0 aromatic carbocycles. The molecule has 4 amide bonds. The van der Waals surface area contributed by atoms with Crippen LogP contribution in [0.5, 0.6) is 0 Å². The summed E-state index contributed by atoms with van der Waals surface area (Å²) in [6.45, 7) is 3.06. The molecule has 0 fully saturated rings. The van der Waals surface area contributed by atoms with Gasteiger partial charge in [-0.25, -0.2) is 9.59 Å². The van der Waals surface area contributed by atoms with Crippen LogP contribution < -0.4 is 0 Å². The van der Waals surface area contributed by atoms with Crippen LogP contribution in [0, 0.1) is 0 Å². The molecule has 0 saturated carbocycles. The van der Waals surface area contributed by atoms with E-state index < -0.39 is 0 Å². The number of carbonyl (C=O) groups is 4. The average Bonchev–Trinajstić information content (AvgIpc) is 2.54. The molecule has 0 aliphatic carbocycles. The monoisotopic (exact) mass is 380 g/mol. The number of ether oxygens (including phenoxy) is 2. The fraction of sp³-hybridized carbons (Fsp3) is 0.750. The molecule has 0 aliphatic rings. The molecule has 0 aromatic rings. The minimum Gasteiger partial charge on any atom is -0.453 e. The van der Waals surface area contributed by atoms with Gasteiger partial charge in [0, 0.05) is 70.2 Å². The Labute approximate surface area is 157 Å². The summed E-state index contributed by atoms with van der Waals surface area (Å²) in [6.07, 6.45) is -0.639. The lowest BCUT2D eigenvalue weighted by Crippen LogP contribution is -2.20. The van der Waals surface area contributed by atoms with E-state index in [1.165, 1.54) is 47.7 Å². The standard InChI is InChI=1S/2C4H9NO2.2C4H9NO/c2*1-5(2)4(6)7-3;2*1-4(6)5(2)3/h2*1-3H3;2*1-3H3. The second-order valence-electron chi connectivity index (χ2n) is 5.56. The molecule has 0 atom stereocenters. The topological polar surface area (TPSA) is 99.7 Å². The predicted molar refractivity (Wildman–Crippen MR) is 101 cm³/mol. The van der Waals surface area contributed by atoms with Gasteiger partial charge in [0.05, 0.1) is 14.2 Å². The van der Waals surface area contributed by atoms with E-state index in [4.69, 9.17) is 0 Å². The number of carbonyl (C=O) groups excluding carboxylic acids is 4. The molecule has 0 unspecified atom stereocenters. The molecule has 156 valence electrons. The number of amides is 4. The molecule has 0 bridgehead atoms. The Morgan fingerprint density at radius 2 is 0.654 bits per heavy atom. The molecule has 0 spiro atoms. The summed E-state index contributed by atoms with van der Waals surface area (Å²) < 4.78 is 8.60. The third-order valence-corrected chi connectivity index (χ3v) is 2.34. The van der Waals surface area contributed by atoms with Gasteiger partial charge in [-0.05, 0) is 0 Å². The van der Waals surface area contributed by atoms with Crippen LogP contribution in [0.1, 0.15) is 13.8 Å². The second-order valence-corrected chi connectivity index (χ2v) is 5.56. The summed E-state index contributed by atoms with van der Waals surface area (Å²) >= 11 is 0. The van der Waals surface area contributed by atoms with Crippen molar-refractivity contribution in [2.24, 2.45) is 0 Å². The lowest BCUT2D eigenvalue weighted by atomic mass is 10.7. The number of rotatable bonds is 0. The Kier molecular flexibility index (Phi) is 22.6. The third kappa shape index (κ3) is 29.5. The van der Waals surface area contributed by atoms with Crippen LogP contribution in [0.3, 0.4) is 0 Å². The van der Waals surface area contributed by atoms with Gasteiger partial charge in [0.25, 0.3) is 0 Å². The normalized spacial score (nSPS) is 7.85. The quantitative estimate of drug-likeness (QED) is 0.617. The summed E-state index contributed by atoms with van der Waals surface area (Å²) in [7, 11) is 16.1. The van der Waals surface area contributed by atoms with Crippen LogP contribution in [0.25, 0.3) is 0 Å². The smallest absolute Gasteiger partial charge is 0.408 e. The molecule has 0 radical (unpaired) electrons. The maximum absolute atomic E-state index is 10.2. The van der Waals surface area contributed by atoms with Crippen molar-refractivity contribution in [3.8, 4) is 0 Å². The van der Waals surface area contributed by atoms with E-state index in [1.807, 2.05) is 0 Å². The van der Waals surface area contributed by atoms with Crippen molar-refractivity contribution in [3.63, 3.8) is 0 Å². The molecule has 0 saturated heterocycles. The first-order valence-corrected chi connectivity index (χ1v) is 7.51. The summed E-state index contributed by atoms with van der Waals surface area (Å²) in [5.74, 6) is 0.185.